The molecule has 27 heavy (non-hydrogen) atoms. The molecule has 0 unspecified atom stereocenters. The van der Waals surface area contributed by atoms with Crippen molar-refractivity contribution in [3.8, 4) is 0 Å². The van der Waals surface area contributed by atoms with Gasteiger partial charge in [0.2, 0.25) is 0 Å². The zero-order valence-corrected chi connectivity index (χ0v) is 15.4. The van der Waals surface area contributed by atoms with Gasteiger partial charge in [0.1, 0.15) is 0 Å². The molecule has 136 valence electrons. The first kappa shape index (κ1) is 18.7. The molecule has 0 aliphatic heterocycles. The molecule has 1 N–H and O–H groups in total. The average molecular weight is 380 g/mol. The molecule has 5 heteroatoms. The van der Waals surface area contributed by atoms with Crippen LogP contribution in [0.25, 0.3) is 16.8 Å². The monoisotopic (exact) mass is 379 g/mol. The van der Waals surface area contributed by atoms with Gasteiger partial charge in [-0.15, -0.1) is 0 Å². The van der Waals surface area contributed by atoms with Crippen molar-refractivity contribution in [1.29, 1.82) is 0 Å². The number of rotatable bonds is 5. The van der Waals surface area contributed by atoms with E-state index in [1.54, 1.807) is 24.3 Å². The van der Waals surface area contributed by atoms with Crippen LogP contribution in [0.2, 0.25) is 5.02 Å². The number of fused-ring (bicyclic) bond motifs is 1. The van der Waals surface area contributed by atoms with E-state index in [1.165, 1.54) is 13.0 Å². The Morgan fingerprint density at radius 3 is 2.59 bits per heavy atom. The van der Waals surface area contributed by atoms with Gasteiger partial charge < -0.3 is 10.1 Å². The summed E-state index contributed by atoms with van der Waals surface area (Å²) in [4.78, 5) is 24.3. The number of carbonyl (C=O) groups excluding carboxylic acids is 2. The van der Waals surface area contributed by atoms with Crippen molar-refractivity contribution in [3.63, 3.8) is 0 Å². The molecule has 0 saturated carbocycles. The Morgan fingerprint density at radius 1 is 1.04 bits per heavy atom. The minimum Gasteiger partial charge on any atom is -0.449 e. The average Bonchev–Trinajstić information content (AvgIpc) is 2.66. The lowest BCUT2D eigenvalue weighted by molar-refractivity contribution is -0.148. The fraction of sp³-hybridized carbons (Fsp3) is 0.0909. The Morgan fingerprint density at radius 2 is 1.78 bits per heavy atom. The zero-order chi connectivity index (χ0) is 19.2. The van der Waals surface area contributed by atoms with E-state index < -0.39 is 18.0 Å². The van der Waals surface area contributed by atoms with Gasteiger partial charge in [-0.05, 0) is 42.1 Å². The summed E-state index contributed by atoms with van der Waals surface area (Å²) in [5.41, 5.74) is 1.45. The summed E-state index contributed by atoms with van der Waals surface area (Å²) < 4.78 is 5.18. The van der Waals surface area contributed by atoms with E-state index in [0.29, 0.717) is 10.7 Å². The summed E-state index contributed by atoms with van der Waals surface area (Å²) in [6, 6.07) is 20.4. The SMILES string of the molecule is C[C@@H](OC(=O)/C=C/c1cccc(Cl)c1)C(=O)Nc1cccc2ccccc12. The van der Waals surface area contributed by atoms with Gasteiger partial charge in [-0.2, -0.15) is 0 Å². The summed E-state index contributed by atoms with van der Waals surface area (Å²) in [7, 11) is 0. The minimum absolute atomic E-state index is 0.393. The minimum atomic E-state index is -0.930. The predicted molar refractivity (Wildman–Crippen MR) is 109 cm³/mol. The molecule has 1 atom stereocenters. The van der Waals surface area contributed by atoms with E-state index in [2.05, 4.69) is 5.32 Å². The highest BCUT2D eigenvalue weighted by Gasteiger charge is 2.17. The quantitative estimate of drug-likeness (QED) is 0.497. The van der Waals surface area contributed by atoms with Crippen LogP contribution in [0.3, 0.4) is 0 Å². The highest BCUT2D eigenvalue weighted by molar-refractivity contribution is 6.30. The number of esters is 1. The Kier molecular flexibility index (Phi) is 5.89. The number of hydrogen-bond donors (Lipinski definition) is 1. The first-order valence-electron chi connectivity index (χ1n) is 8.46. The van der Waals surface area contributed by atoms with Gasteiger partial charge in [-0.25, -0.2) is 4.79 Å². The molecule has 4 nitrogen and oxygen atoms in total. The lowest BCUT2D eigenvalue weighted by Crippen LogP contribution is -2.29. The van der Waals surface area contributed by atoms with Crippen molar-refractivity contribution in [2.45, 2.75) is 13.0 Å². The first-order chi connectivity index (χ1) is 13.0. The third kappa shape index (κ3) is 4.96. The molecule has 0 saturated heterocycles. The topological polar surface area (TPSA) is 55.4 Å². The highest BCUT2D eigenvalue weighted by atomic mass is 35.5. The fourth-order valence-corrected chi connectivity index (χ4v) is 2.81. The number of anilines is 1. The molecule has 0 heterocycles. The highest BCUT2D eigenvalue weighted by Crippen LogP contribution is 2.23. The van der Waals surface area contributed by atoms with E-state index in [9.17, 15) is 9.59 Å². The van der Waals surface area contributed by atoms with Crippen molar-refractivity contribution in [1.82, 2.24) is 0 Å². The van der Waals surface area contributed by atoms with Crippen LogP contribution in [-0.4, -0.2) is 18.0 Å². The van der Waals surface area contributed by atoms with Crippen LogP contribution in [0.4, 0.5) is 5.69 Å². The van der Waals surface area contributed by atoms with Gasteiger partial charge >= 0.3 is 5.97 Å². The molecule has 0 radical (unpaired) electrons. The normalized spacial score (nSPS) is 12.1. The number of benzene rings is 3. The number of amides is 1. The lowest BCUT2D eigenvalue weighted by Gasteiger charge is -2.13. The molecule has 0 bridgehead atoms. The predicted octanol–water partition coefficient (Wildman–Crippen LogP) is 5.08. The van der Waals surface area contributed by atoms with E-state index in [4.69, 9.17) is 16.3 Å². The lowest BCUT2D eigenvalue weighted by atomic mass is 10.1. The van der Waals surface area contributed by atoms with Crippen molar-refractivity contribution >= 4 is 46.0 Å². The standard InChI is InChI=1S/C22H18ClNO3/c1-15(27-21(25)13-12-16-6-4-9-18(23)14-16)22(26)24-20-11-5-8-17-7-2-3-10-19(17)20/h2-15H,1H3,(H,24,26)/b13-12+/t15-/m1/s1. The summed E-state index contributed by atoms with van der Waals surface area (Å²) in [6.45, 7) is 1.53. The molecule has 0 fully saturated rings. The summed E-state index contributed by atoms with van der Waals surface area (Å²) in [5, 5.41) is 5.33. The Bertz CT molecular complexity index is 1010. The Labute approximate surface area is 162 Å². The van der Waals surface area contributed by atoms with Crippen LogP contribution in [0, 0.1) is 0 Å². The Hall–Kier alpha value is -3.11. The smallest absolute Gasteiger partial charge is 0.331 e. The molecular weight excluding hydrogens is 362 g/mol. The number of carbonyl (C=O) groups is 2. The first-order valence-corrected chi connectivity index (χ1v) is 8.83. The Balaban J connectivity index is 1.62. The number of hydrogen-bond acceptors (Lipinski definition) is 3. The maximum atomic E-state index is 12.4. The van der Waals surface area contributed by atoms with E-state index in [-0.39, 0.29) is 0 Å². The van der Waals surface area contributed by atoms with Crippen LogP contribution in [0.5, 0.6) is 0 Å². The maximum absolute atomic E-state index is 12.4. The summed E-state index contributed by atoms with van der Waals surface area (Å²) in [6.07, 6.45) is 1.93. The second-order valence-corrected chi connectivity index (χ2v) is 6.42. The molecule has 0 aliphatic rings. The van der Waals surface area contributed by atoms with Crippen LogP contribution >= 0.6 is 11.6 Å². The van der Waals surface area contributed by atoms with E-state index in [1.807, 2.05) is 48.5 Å². The molecule has 0 spiro atoms. The molecular formula is C22H18ClNO3. The third-order valence-electron chi connectivity index (χ3n) is 3.97. The summed E-state index contributed by atoms with van der Waals surface area (Å²) >= 11 is 5.90. The second-order valence-electron chi connectivity index (χ2n) is 5.98. The number of halogens is 1. The second kappa shape index (κ2) is 8.52. The van der Waals surface area contributed by atoms with Crippen molar-refractivity contribution in [3.05, 3.63) is 83.4 Å². The molecule has 3 rings (SSSR count). The van der Waals surface area contributed by atoms with Crippen LogP contribution in [0.1, 0.15) is 12.5 Å². The maximum Gasteiger partial charge on any atom is 0.331 e. The molecule has 3 aromatic rings. The van der Waals surface area contributed by atoms with Crippen LogP contribution in [-0.2, 0) is 14.3 Å². The zero-order valence-electron chi connectivity index (χ0n) is 14.7. The molecule has 3 aromatic carbocycles. The fourth-order valence-electron chi connectivity index (χ4n) is 2.61. The van der Waals surface area contributed by atoms with Gasteiger partial charge in [0.05, 0.1) is 0 Å². The third-order valence-corrected chi connectivity index (χ3v) is 4.21. The van der Waals surface area contributed by atoms with Gasteiger partial charge in [0, 0.05) is 22.2 Å². The van der Waals surface area contributed by atoms with Crippen LogP contribution < -0.4 is 5.32 Å². The van der Waals surface area contributed by atoms with Gasteiger partial charge in [0.25, 0.3) is 5.91 Å². The summed E-state index contributed by atoms with van der Waals surface area (Å²) in [5.74, 6) is -0.994. The molecule has 1 amide bonds. The van der Waals surface area contributed by atoms with E-state index >= 15 is 0 Å². The number of nitrogens with one attached hydrogen (secondary N) is 1. The van der Waals surface area contributed by atoms with Gasteiger partial charge in [0.15, 0.2) is 6.10 Å². The largest absolute Gasteiger partial charge is 0.449 e. The van der Waals surface area contributed by atoms with Gasteiger partial charge in [-0.1, -0.05) is 60.1 Å². The van der Waals surface area contributed by atoms with Gasteiger partial charge in [-0.3, -0.25) is 4.79 Å². The molecule has 0 aromatic heterocycles. The van der Waals surface area contributed by atoms with Crippen molar-refractivity contribution in [2.75, 3.05) is 5.32 Å². The van der Waals surface area contributed by atoms with E-state index in [0.717, 1.165) is 16.3 Å². The molecule has 0 aliphatic carbocycles. The van der Waals surface area contributed by atoms with Crippen molar-refractivity contribution < 1.29 is 14.3 Å². The van der Waals surface area contributed by atoms with Crippen molar-refractivity contribution in [2.24, 2.45) is 0 Å². The number of ether oxygens (including phenoxy) is 1. The van der Waals surface area contributed by atoms with Crippen LogP contribution in [0.15, 0.2) is 72.8 Å².